The lowest BCUT2D eigenvalue weighted by Gasteiger charge is -2.32. The van der Waals surface area contributed by atoms with Crippen molar-refractivity contribution in [3.63, 3.8) is 0 Å². The molecule has 2 aliphatic carbocycles. The molecule has 116 valence electrons. The fourth-order valence-corrected chi connectivity index (χ4v) is 4.10. The summed E-state index contributed by atoms with van der Waals surface area (Å²) in [6.07, 6.45) is 7.19. The first kappa shape index (κ1) is 15.1. The van der Waals surface area contributed by atoms with Crippen LogP contribution in [0.25, 0.3) is 0 Å². The molecule has 0 aliphatic heterocycles. The zero-order valence-electron chi connectivity index (χ0n) is 13.7. The van der Waals surface area contributed by atoms with Crippen LogP contribution in [-0.4, -0.2) is 22.9 Å². The van der Waals surface area contributed by atoms with Crippen molar-refractivity contribution in [2.75, 3.05) is 6.61 Å². The normalized spacial score (nSPS) is 32.2. The van der Waals surface area contributed by atoms with E-state index in [1.54, 1.807) is 0 Å². The summed E-state index contributed by atoms with van der Waals surface area (Å²) < 4.78 is 6.04. The predicted octanol–water partition coefficient (Wildman–Crippen LogP) is 3.60. The number of ether oxygens (including phenoxy) is 1. The minimum absolute atomic E-state index is 0.00556. The first-order valence-corrected chi connectivity index (χ1v) is 8.41. The van der Waals surface area contributed by atoms with Crippen LogP contribution in [-0.2, 0) is 30.4 Å². The van der Waals surface area contributed by atoms with E-state index in [-0.39, 0.29) is 5.60 Å². The van der Waals surface area contributed by atoms with E-state index in [2.05, 4.69) is 26.0 Å². The molecule has 1 N–H and O–H groups in total. The van der Waals surface area contributed by atoms with Crippen molar-refractivity contribution in [1.82, 2.24) is 0 Å². The first-order valence-electron chi connectivity index (χ1n) is 8.41. The van der Waals surface area contributed by atoms with E-state index < -0.39 is 5.60 Å². The Morgan fingerprint density at radius 1 is 1.00 bits per heavy atom. The van der Waals surface area contributed by atoms with E-state index in [1.807, 2.05) is 6.92 Å². The largest absolute Gasteiger partial charge is 0.390 e. The van der Waals surface area contributed by atoms with Gasteiger partial charge in [0.2, 0.25) is 0 Å². The van der Waals surface area contributed by atoms with Gasteiger partial charge in [0.05, 0.1) is 11.2 Å². The molecule has 1 aromatic carbocycles. The fourth-order valence-electron chi connectivity index (χ4n) is 4.10. The van der Waals surface area contributed by atoms with Gasteiger partial charge in [-0.25, -0.2) is 0 Å². The molecular weight excluding hydrogens is 260 g/mol. The monoisotopic (exact) mass is 288 g/mol. The Kier molecular flexibility index (Phi) is 3.87. The quantitative estimate of drug-likeness (QED) is 0.843. The summed E-state index contributed by atoms with van der Waals surface area (Å²) in [5, 5.41) is 10.3. The van der Waals surface area contributed by atoms with E-state index in [0.29, 0.717) is 0 Å². The third-order valence-corrected chi connectivity index (χ3v) is 5.23. The second-order valence-electron chi connectivity index (χ2n) is 7.48. The molecule has 0 radical (unpaired) electrons. The molecule has 1 aromatic rings. The molecule has 0 bridgehead atoms. The molecule has 2 unspecified atom stereocenters. The molecule has 2 nitrogen and oxygen atoms in total. The number of hydrogen-bond donors (Lipinski definition) is 1. The smallest absolute Gasteiger partial charge is 0.0694 e. The maximum absolute atomic E-state index is 10.3. The van der Waals surface area contributed by atoms with Crippen molar-refractivity contribution in [1.29, 1.82) is 0 Å². The highest BCUT2D eigenvalue weighted by atomic mass is 16.5. The highest BCUT2D eigenvalue weighted by Gasteiger charge is 2.31. The van der Waals surface area contributed by atoms with Crippen molar-refractivity contribution in [3.8, 4) is 0 Å². The maximum Gasteiger partial charge on any atom is 0.0694 e. The van der Waals surface area contributed by atoms with Gasteiger partial charge >= 0.3 is 0 Å². The van der Waals surface area contributed by atoms with Crippen molar-refractivity contribution < 1.29 is 9.84 Å². The van der Waals surface area contributed by atoms with Crippen LogP contribution < -0.4 is 0 Å². The second kappa shape index (κ2) is 5.40. The Morgan fingerprint density at radius 3 is 2.38 bits per heavy atom. The van der Waals surface area contributed by atoms with E-state index in [9.17, 15) is 5.11 Å². The van der Waals surface area contributed by atoms with Crippen molar-refractivity contribution in [2.24, 2.45) is 0 Å². The number of aliphatic hydroxyl groups is 1. The van der Waals surface area contributed by atoms with E-state index >= 15 is 0 Å². The molecule has 0 spiro atoms. The van der Waals surface area contributed by atoms with Crippen LogP contribution in [0.3, 0.4) is 0 Å². The molecule has 2 atom stereocenters. The van der Waals surface area contributed by atoms with Gasteiger partial charge in [-0.05, 0) is 75.1 Å². The average molecular weight is 288 g/mol. The second-order valence-corrected chi connectivity index (χ2v) is 7.48. The molecule has 2 heteroatoms. The SMILES string of the molecule is CCOC1(C)CCCc2cc3c(cc2C1)CCC(C)(O)C3. The summed E-state index contributed by atoms with van der Waals surface area (Å²) in [6, 6.07) is 4.78. The minimum atomic E-state index is -0.522. The van der Waals surface area contributed by atoms with Gasteiger partial charge in [-0.3, -0.25) is 0 Å². The lowest BCUT2D eigenvalue weighted by molar-refractivity contribution is -0.0301. The summed E-state index contributed by atoms with van der Waals surface area (Å²) in [4.78, 5) is 0. The van der Waals surface area contributed by atoms with E-state index in [4.69, 9.17) is 4.74 Å². The summed E-state index contributed by atoms with van der Waals surface area (Å²) in [5.41, 5.74) is 5.24. The van der Waals surface area contributed by atoms with Gasteiger partial charge in [-0.1, -0.05) is 12.1 Å². The maximum atomic E-state index is 10.3. The van der Waals surface area contributed by atoms with Gasteiger partial charge < -0.3 is 9.84 Å². The number of rotatable bonds is 2. The minimum Gasteiger partial charge on any atom is -0.390 e. The van der Waals surface area contributed by atoms with Crippen LogP contribution in [0.15, 0.2) is 12.1 Å². The highest BCUT2D eigenvalue weighted by molar-refractivity contribution is 5.42. The van der Waals surface area contributed by atoms with Gasteiger partial charge in [-0.15, -0.1) is 0 Å². The Balaban J connectivity index is 1.93. The summed E-state index contributed by atoms with van der Waals surface area (Å²) in [6.45, 7) is 7.11. The summed E-state index contributed by atoms with van der Waals surface area (Å²) >= 11 is 0. The molecule has 0 saturated carbocycles. The molecule has 0 aromatic heterocycles. The zero-order chi connectivity index (χ0) is 15.1. The van der Waals surface area contributed by atoms with Crippen molar-refractivity contribution in [2.45, 2.75) is 76.9 Å². The molecule has 0 amide bonds. The third kappa shape index (κ3) is 3.17. The molecule has 0 fully saturated rings. The predicted molar refractivity (Wildman–Crippen MR) is 85.8 cm³/mol. The summed E-state index contributed by atoms with van der Waals surface area (Å²) in [7, 11) is 0. The van der Waals surface area contributed by atoms with Crippen LogP contribution >= 0.6 is 0 Å². The molecule has 2 aliphatic rings. The Hall–Kier alpha value is -0.860. The van der Waals surface area contributed by atoms with Gasteiger partial charge in [0, 0.05) is 19.4 Å². The van der Waals surface area contributed by atoms with Gasteiger partial charge in [0.1, 0.15) is 0 Å². The van der Waals surface area contributed by atoms with Gasteiger partial charge in [0.25, 0.3) is 0 Å². The Labute approximate surface area is 128 Å². The Bertz CT molecular complexity index is 533. The molecule has 3 rings (SSSR count). The topological polar surface area (TPSA) is 29.5 Å². The van der Waals surface area contributed by atoms with Gasteiger partial charge in [-0.2, -0.15) is 0 Å². The third-order valence-electron chi connectivity index (χ3n) is 5.23. The lowest BCUT2D eigenvalue weighted by Crippen LogP contribution is -2.33. The molecule has 0 heterocycles. The molecule has 0 saturated heterocycles. The number of benzene rings is 1. The van der Waals surface area contributed by atoms with E-state index in [1.165, 1.54) is 28.7 Å². The van der Waals surface area contributed by atoms with Crippen LogP contribution in [0.2, 0.25) is 0 Å². The highest BCUT2D eigenvalue weighted by Crippen LogP contribution is 2.35. The molecule has 21 heavy (non-hydrogen) atoms. The van der Waals surface area contributed by atoms with Crippen molar-refractivity contribution >= 4 is 0 Å². The van der Waals surface area contributed by atoms with Gasteiger partial charge in [0.15, 0.2) is 0 Å². The first-order chi connectivity index (χ1) is 9.91. The Morgan fingerprint density at radius 2 is 1.67 bits per heavy atom. The number of aryl methyl sites for hydroxylation is 2. The molecular formula is C19H28O2. The average Bonchev–Trinajstić information content (AvgIpc) is 2.54. The van der Waals surface area contributed by atoms with E-state index in [0.717, 1.165) is 45.1 Å². The number of fused-ring (bicyclic) bond motifs is 2. The fraction of sp³-hybridized carbons (Fsp3) is 0.684. The van der Waals surface area contributed by atoms with Crippen LogP contribution in [0, 0.1) is 0 Å². The van der Waals surface area contributed by atoms with Crippen LogP contribution in [0.4, 0.5) is 0 Å². The number of hydrogen-bond acceptors (Lipinski definition) is 2. The lowest BCUT2D eigenvalue weighted by atomic mass is 9.79. The van der Waals surface area contributed by atoms with Crippen LogP contribution in [0.5, 0.6) is 0 Å². The standard InChI is InChI=1S/C19H28O2/c1-4-21-19(3)8-5-6-14-10-16-12-18(2,20)9-7-15(16)11-17(14)13-19/h10-11,20H,4-9,12-13H2,1-3H3. The van der Waals surface area contributed by atoms with Crippen LogP contribution in [0.1, 0.15) is 62.3 Å². The zero-order valence-corrected chi connectivity index (χ0v) is 13.7. The summed E-state index contributed by atoms with van der Waals surface area (Å²) in [5.74, 6) is 0. The van der Waals surface area contributed by atoms with Crippen molar-refractivity contribution in [3.05, 3.63) is 34.4 Å².